The number of benzene rings is 1. The molecule has 1 saturated heterocycles. The third kappa shape index (κ3) is 7.17. The van der Waals surface area contributed by atoms with Gasteiger partial charge < -0.3 is 33.5 Å². The molecule has 0 unspecified atom stereocenters. The number of carbonyl (C=O) groups is 5. The fraction of sp³-hybridized carbons (Fsp3) is 0.476. The van der Waals surface area contributed by atoms with Crippen LogP contribution in [0.2, 0.25) is 0 Å². The van der Waals surface area contributed by atoms with Gasteiger partial charge in [-0.15, -0.1) is 0 Å². The summed E-state index contributed by atoms with van der Waals surface area (Å²) in [5.41, 5.74) is 0.168. The fourth-order valence-corrected chi connectivity index (χ4v) is 3.12. The number of aromatic hydroxyl groups is 1. The normalized spacial score (nSPS) is 24.2. The van der Waals surface area contributed by atoms with Crippen molar-refractivity contribution in [3.05, 3.63) is 23.8 Å². The van der Waals surface area contributed by atoms with Crippen LogP contribution in [0.25, 0.3) is 0 Å². The molecular weight excluding hydrogens is 444 g/mol. The number of rotatable bonds is 8. The fourth-order valence-electron chi connectivity index (χ4n) is 3.12. The molecule has 1 heterocycles. The Labute approximate surface area is 188 Å². The monoisotopic (exact) mass is 468 g/mol. The van der Waals surface area contributed by atoms with E-state index >= 15 is 0 Å². The lowest BCUT2D eigenvalue weighted by Crippen LogP contribution is -2.63. The van der Waals surface area contributed by atoms with E-state index in [0.29, 0.717) is 6.29 Å². The first-order valence-electron chi connectivity index (χ1n) is 9.77. The van der Waals surface area contributed by atoms with E-state index in [-0.39, 0.29) is 11.3 Å². The van der Waals surface area contributed by atoms with Gasteiger partial charge in [0.05, 0.1) is 0 Å². The number of esters is 4. The van der Waals surface area contributed by atoms with Gasteiger partial charge in [-0.1, -0.05) is 0 Å². The average Bonchev–Trinajstić information content (AvgIpc) is 2.71. The van der Waals surface area contributed by atoms with Crippen LogP contribution >= 0.6 is 0 Å². The van der Waals surface area contributed by atoms with Gasteiger partial charge in [-0.25, -0.2) is 0 Å². The number of hydrogen-bond donors (Lipinski definition) is 1. The molecule has 1 aliphatic rings. The number of phenolic OH excluding ortho intramolecular Hbond substituents is 1. The summed E-state index contributed by atoms with van der Waals surface area (Å²) in [6.07, 6.45) is -6.38. The molecule has 2 rings (SSSR count). The van der Waals surface area contributed by atoms with Crippen LogP contribution in [0.4, 0.5) is 0 Å². The molecule has 0 aliphatic carbocycles. The third-order valence-electron chi connectivity index (χ3n) is 4.31. The molecule has 0 spiro atoms. The van der Waals surface area contributed by atoms with Gasteiger partial charge in [0.2, 0.25) is 12.4 Å². The van der Waals surface area contributed by atoms with Crippen LogP contribution < -0.4 is 4.74 Å². The lowest BCUT2D eigenvalue weighted by Gasteiger charge is -2.43. The van der Waals surface area contributed by atoms with Gasteiger partial charge in [0.25, 0.3) is 0 Å². The maximum absolute atomic E-state index is 11.8. The highest BCUT2D eigenvalue weighted by Gasteiger charge is 2.53. The van der Waals surface area contributed by atoms with Crippen molar-refractivity contribution in [2.45, 2.75) is 58.4 Å². The lowest BCUT2D eigenvalue weighted by atomic mass is 9.98. The van der Waals surface area contributed by atoms with Gasteiger partial charge in [0, 0.05) is 33.3 Å². The molecule has 1 fully saturated rings. The Morgan fingerprint density at radius 2 is 1.48 bits per heavy atom. The van der Waals surface area contributed by atoms with E-state index in [4.69, 9.17) is 28.4 Å². The standard InChI is InChI=1S/C21H24O12/c1-10(23)28-9-17-18(29-11(2)24)19(30-12(3)25)20(31-13(4)26)21(33-17)32-16-6-5-14(8-22)7-15(16)27/h5-8,17-21,27H,9H2,1-4H3/t17-,18+,19-,20-,21+/m0/s1. The largest absolute Gasteiger partial charge is 0.504 e. The molecule has 12 nitrogen and oxygen atoms in total. The van der Waals surface area contributed by atoms with Crippen LogP contribution in [0.5, 0.6) is 11.5 Å². The molecule has 180 valence electrons. The Bertz CT molecular complexity index is 911. The van der Waals surface area contributed by atoms with E-state index in [1.54, 1.807) is 0 Å². The number of phenols is 1. The highest BCUT2D eigenvalue weighted by molar-refractivity contribution is 5.76. The van der Waals surface area contributed by atoms with Crippen molar-refractivity contribution in [3.63, 3.8) is 0 Å². The predicted molar refractivity (Wildman–Crippen MR) is 106 cm³/mol. The molecule has 0 saturated carbocycles. The summed E-state index contributed by atoms with van der Waals surface area (Å²) in [5.74, 6) is -3.59. The van der Waals surface area contributed by atoms with E-state index in [0.717, 1.165) is 33.8 Å². The quantitative estimate of drug-likeness (QED) is 0.323. The topological polar surface area (TPSA) is 161 Å². The first-order chi connectivity index (χ1) is 15.5. The molecular formula is C21H24O12. The van der Waals surface area contributed by atoms with Crippen molar-refractivity contribution in [2.75, 3.05) is 6.61 Å². The number of aldehydes is 1. The van der Waals surface area contributed by atoms with E-state index in [2.05, 4.69) is 0 Å². The third-order valence-corrected chi connectivity index (χ3v) is 4.31. The Balaban J connectivity index is 2.48. The molecule has 0 bridgehead atoms. The molecule has 0 radical (unpaired) electrons. The summed E-state index contributed by atoms with van der Waals surface area (Å²) in [6, 6.07) is 3.76. The highest BCUT2D eigenvalue weighted by atomic mass is 16.7. The minimum atomic E-state index is -1.50. The Morgan fingerprint density at radius 1 is 0.909 bits per heavy atom. The van der Waals surface area contributed by atoms with Crippen LogP contribution in [0, 0.1) is 0 Å². The smallest absolute Gasteiger partial charge is 0.303 e. The van der Waals surface area contributed by atoms with Crippen LogP contribution in [-0.2, 0) is 42.9 Å². The van der Waals surface area contributed by atoms with Crippen molar-refractivity contribution in [2.24, 2.45) is 0 Å². The molecule has 0 amide bonds. The summed E-state index contributed by atoms with van der Waals surface area (Å²) in [4.78, 5) is 57.5. The van der Waals surface area contributed by atoms with Crippen molar-refractivity contribution in [1.82, 2.24) is 0 Å². The molecule has 1 aromatic rings. The van der Waals surface area contributed by atoms with Gasteiger partial charge in [-0.05, 0) is 18.2 Å². The second-order valence-electron chi connectivity index (χ2n) is 7.03. The Hall–Kier alpha value is -3.67. The van der Waals surface area contributed by atoms with E-state index < -0.39 is 66.9 Å². The zero-order valence-electron chi connectivity index (χ0n) is 18.3. The molecule has 33 heavy (non-hydrogen) atoms. The first-order valence-corrected chi connectivity index (χ1v) is 9.77. The first kappa shape index (κ1) is 25.6. The number of ether oxygens (including phenoxy) is 6. The van der Waals surface area contributed by atoms with Crippen LogP contribution in [0.1, 0.15) is 38.1 Å². The minimum absolute atomic E-state index is 0.151. The SMILES string of the molecule is CC(=O)OC[C@@H]1O[C@@H](Oc2ccc(C=O)cc2O)[C@@H](OC(C)=O)[C@@H](OC(C)=O)[C@@H]1OC(C)=O. The zero-order chi connectivity index (χ0) is 24.7. The lowest BCUT2D eigenvalue weighted by molar-refractivity contribution is -0.288. The maximum atomic E-state index is 11.8. The van der Waals surface area contributed by atoms with E-state index in [9.17, 15) is 29.1 Å². The van der Waals surface area contributed by atoms with Gasteiger partial charge in [0.15, 0.2) is 23.7 Å². The van der Waals surface area contributed by atoms with Crippen LogP contribution in [-0.4, -0.2) is 72.6 Å². The molecule has 1 N–H and O–H groups in total. The van der Waals surface area contributed by atoms with Crippen molar-refractivity contribution < 1.29 is 57.5 Å². The van der Waals surface area contributed by atoms with Gasteiger partial charge >= 0.3 is 23.9 Å². The Morgan fingerprint density at radius 3 is 2.00 bits per heavy atom. The minimum Gasteiger partial charge on any atom is -0.504 e. The molecule has 0 aromatic heterocycles. The summed E-state index contributed by atoms with van der Waals surface area (Å²) in [7, 11) is 0. The van der Waals surface area contributed by atoms with Gasteiger partial charge in [0.1, 0.15) is 19.0 Å². The maximum Gasteiger partial charge on any atom is 0.303 e. The van der Waals surface area contributed by atoms with Crippen molar-refractivity contribution in [3.8, 4) is 11.5 Å². The highest BCUT2D eigenvalue weighted by Crippen LogP contribution is 2.34. The summed E-state index contributed by atoms with van der Waals surface area (Å²) >= 11 is 0. The van der Waals surface area contributed by atoms with E-state index in [1.807, 2.05) is 0 Å². The number of hydrogen-bond acceptors (Lipinski definition) is 12. The van der Waals surface area contributed by atoms with Crippen molar-refractivity contribution >= 4 is 30.2 Å². The predicted octanol–water partition coefficient (Wildman–Crippen LogP) is 0.667. The van der Waals surface area contributed by atoms with Gasteiger partial charge in [-0.2, -0.15) is 0 Å². The number of carbonyl (C=O) groups excluding carboxylic acids is 5. The summed E-state index contributed by atoms with van der Waals surface area (Å²) in [5, 5.41) is 10.2. The second-order valence-corrected chi connectivity index (χ2v) is 7.03. The van der Waals surface area contributed by atoms with Crippen LogP contribution in [0.3, 0.4) is 0 Å². The zero-order valence-corrected chi connectivity index (χ0v) is 18.3. The molecule has 5 atom stereocenters. The van der Waals surface area contributed by atoms with Crippen molar-refractivity contribution in [1.29, 1.82) is 0 Å². The van der Waals surface area contributed by atoms with E-state index in [1.165, 1.54) is 12.1 Å². The average molecular weight is 468 g/mol. The Kier molecular flexibility index (Phi) is 8.74. The summed E-state index contributed by atoms with van der Waals surface area (Å²) < 4.78 is 32.2. The molecule has 1 aromatic carbocycles. The molecule has 1 aliphatic heterocycles. The van der Waals surface area contributed by atoms with Gasteiger partial charge in [-0.3, -0.25) is 24.0 Å². The second kappa shape index (κ2) is 11.3. The molecule has 12 heteroatoms. The summed E-state index contributed by atoms with van der Waals surface area (Å²) in [6.45, 7) is 4.00. The van der Waals surface area contributed by atoms with Crippen LogP contribution in [0.15, 0.2) is 18.2 Å².